The van der Waals surface area contributed by atoms with E-state index in [-0.39, 0.29) is 0 Å². The summed E-state index contributed by atoms with van der Waals surface area (Å²) < 4.78 is 5.81. The smallest absolute Gasteiger partial charge is 0.106 e. The average Bonchev–Trinajstić information content (AvgIpc) is 2.58. The van der Waals surface area contributed by atoms with Gasteiger partial charge in [-0.15, -0.1) is 0 Å². The molecule has 1 aliphatic rings. The summed E-state index contributed by atoms with van der Waals surface area (Å²) in [4.78, 5) is 0. The Bertz CT molecular complexity index is 456. The summed E-state index contributed by atoms with van der Waals surface area (Å²) in [5.41, 5.74) is 4.21. The van der Waals surface area contributed by atoms with Crippen LogP contribution in [0.4, 0.5) is 0 Å². The predicted molar refractivity (Wildman–Crippen MR) is 80.5 cm³/mol. The highest BCUT2D eigenvalue weighted by Gasteiger charge is 2.23. The first kappa shape index (κ1) is 14.4. The standard InChI is InChI=1S/C17H27NO/c1-12-13(2)19-14(3)16(12)17(18-4)15-10-8-6-5-7-9-11-15/h10,17-18H,5-9,11H2,1-4H3. The highest BCUT2D eigenvalue weighted by atomic mass is 16.3. The van der Waals surface area contributed by atoms with Gasteiger partial charge in [-0.3, -0.25) is 0 Å². The van der Waals surface area contributed by atoms with Crippen LogP contribution >= 0.6 is 0 Å². The Morgan fingerprint density at radius 1 is 1.05 bits per heavy atom. The summed E-state index contributed by atoms with van der Waals surface area (Å²) in [6, 6.07) is 0.329. The molecule has 1 aliphatic carbocycles. The number of nitrogens with one attached hydrogen (secondary N) is 1. The van der Waals surface area contributed by atoms with Crippen LogP contribution < -0.4 is 5.32 Å². The monoisotopic (exact) mass is 261 g/mol. The molecule has 0 amide bonds. The Kier molecular flexibility index (Phi) is 4.87. The van der Waals surface area contributed by atoms with E-state index in [0.29, 0.717) is 6.04 Å². The lowest BCUT2D eigenvalue weighted by Gasteiger charge is -2.22. The molecule has 2 heteroatoms. The second-order valence-electron chi connectivity index (χ2n) is 5.71. The van der Waals surface area contributed by atoms with Gasteiger partial charge in [0.05, 0.1) is 6.04 Å². The normalized spacial score (nSPS) is 18.6. The molecule has 0 aliphatic heterocycles. The molecule has 0 bridgehead atoms. The molecule has 1 unspecified atom stereocenters. The minimum absolute atomic E-state index is 0.329. The van der Waals surface area contributed by atoms with Crippen LogP contribution in [0.15, 0.2) is 16.1 Å². The molecule has 0 saturated carbocycles. The highest BCUT2D eigenvalue weighted by molar-refractivity contribution is 5.39. The van der Waals surface area contributed by atoms with Gasteiger partial charge >= 0.3 is 0 Å². The number of hydrogen-bond donors (Lipinski definition) is 1. The molecular weight excluding hydrogens is 234 g/mol. The largest absolute Gasteiger partial charge is 0.466 e. The molecule has 0 saturated heterocycles. The molecule has 1 N–H and O–H groups in total. The highest BCUT2D eigenvalue weighted by Crippen LogP contribution is 2.34. The second kappa shape index (κ2) is 6.42. The summed E-state index contributed by atoms with van der Waals surface area (Å²) in [6.45, 7) is 6.32. The molecule has 1 aromatic heterocycles. The molecule has 19 heavy (non-hydrogen) atoms. The van der Waals surface area contributed by atoms with Crippen LogP contribution in [0.5, 0.6) is 0 Å². The van der Waals surface area contributed by atoms with Gasteiger partial charge in [0.1, 0.15) is 11.5 Å². The van der Waals surface area contributed by atoms with Gasteiger partial charge in [-0.25, -0.2) is 0 Å². The molecular formula is C17H27NO. The van der Waals surface area contributed by atoms with E-state index in [1.165, 1.54) is 49.7 Å². The van der Waals surface area contributed by atoms with E-state index >= 15 is 0 Å². The fraction of sp³-hybridized carbons (Fsp3) is 0.647. The predicted octanol–water partition coefficient (Wildman–Crippen LogP) is 4.75. The summed E-state index contributed by atoms with van der Waals surface area (Å²) >= 11 is 0. The average molecular weight is 261 g/mol. The van der Waals surface area contributed by atoms with Crippen LogP contribution in [0.3, 0.4) is 0 Å². The van der Waals surface area contributed by atoms with Crippen molar-refractivity contribution in [1.82, 2.24) is 5.32 Å². The zero-order valence-corrected chi connectivity index (χ0v) is 12.8. The minimum atomic E-state index is 0.329. The molecule has 106 valence electrons. The van der Waals surface area contributed by atoms with Crippen LogP contribution in [0.2, 0.25) is 0 Å². The van der Waals surface area contributed by atoms with Crippen molar-refractivity contribution in [1.29, 1.82) is 0 Å². The van der Waals surface area contributed by atoms with Gasteiger partial charge in [0.15, 0.2) is 0 Å². The number of furan rings is 1. The molecule has 0 radical (unpaired) electrons. The lowest BCUT2D eigenvalue weighted by molar-refractivity contribution is 0.493. The first-order valence-corrected chi connectivity index (χ1v) is 7.57. The topological polar surface area (TPSA) is 25.2 Å². The quantitative estimate of drug-likeness (QED) is 0.795. The van der Waals surface area contributed by atoms with E-state index in [2.05, 4.69) is 39.2 Å². The second-order valence-corrected chi connectivity index (χ2v) is 5.71. The van der Waals surface area contributed by atoms with Crippen molar-refractivity contribution in [2.24, 2.45) is 0 Å². The van der Waals surface area contributed by atoms with Crippen LogP contribution in [0.1, 0.15) is 67.2 Å². The Morgan fingerprint density at radius 3 is 2.42 bits per heavy atom. The van der Waals surface area contributed by atoms with Crippen molar-refractivity contribution in [3.63, 3.8) is 0 Å². The van der Waals surface area contributed by atoms with Gasteiger partial charge in [0.2, 0.25) is 0 Å². The third kappa shape index (κ3) is 3.11. The Hall–Kier alpha value is -1.02. The molecule has 1 atom stereocenters. The molecule has 0 fully saturated rings. The molecule has 1 aromatic rings. The minimum Gasteiger partial charge on any atom is -0.466 e. The van der Waals surface area contributed by atoms with E-state index < -0.39 is 0 Å². The maximum atomic E-state index is 5.81. The van der Waals surface area contributed by atoms with Gasteiger partial charge in [-0.05, 0) is 59.1 Å². The van der Waals surface area contributed by atoms with Gasteiger partial charge in [-0.1, -0.05) is 24.5 Å². The molecule has 0 spiro atoms. The van der Waals surface area contributed by atoms with E-state index in [1.54, 1.807) is 5.57 Å². The fourth-order valence-corrected chi connectivity index (χ4v) is 3.23. The van der Waals surface area contributed by atoms with E-state index in [9.17, 15) is 0 Å². The Balaban J connectivity index is 2.32. The zero-order chi connectivity index (χ0) is 13.8. The first-order chi connectivity index (χ1) is 9.15. The van der Waals surface area contributed by atoms with E-state index in [4.69, 9.17) is 4.42 Å². The Morgan fingerprint density at radius 2 is 1.79 bits per heavy atom. The van der Waals surface area contributed by atoms with Crippen LogP contribution in [0, 0.1) is 20.8 Å². The number of hydrogen-bond acceptors (Lipinski definition) is 2. The van der Waals surface area contributed by atoms with Crippen molar-refractivity contribution >= 4 is 0 Å². The van der Waals surface area contributed by atoms with Crippen molar-refractivity contribution in [2.75, 3.05) is 7.05 Å². The lowest BCUT2D eigenvalue weighted by Crippen LogP contribution is -2.20. The van der Waals surface area contributed by atoms with Gasteiger partial charge in [0, 0.05) is 5.56 Å². The maximum absolute atomic E-state index is 5.81. The fourth-order valence-electron chi connectivity index (χ4n) is 3.23. The van der Waals surface area contributed by atoms with Gasteiger partial charge in [0.25, 0.3) is 0 Å². The van der Waals surface area contributed by atoms with Gasteiger partial charge in [-0.2, -0.15) is 0 Å². The molecule has 2 rings (SSSR count). The lowest BCUT2D eigenvalue weighted by atomic mass is 9.89. The number of aryl methyl sites for hydroxylation is 2. The van der Waals surface area contributed by atoms with Crippen molar-refractivity contribution < 1.29 is 4.42 Å². The summed E-state index contributed by atoms with van der Waals surface area (Å²) in [6.07, 6.45) is 10.3. The number of likely N-dealkylation sites (N-methyl/N-ethyl adjacent to an activating group) is 1. The van der Waals surface area contributed by atoms with Crippen LogP contribution in [-0.4, -0.2) is 7.05 Å². The first-order valence-electron chi connectivity index (χ1n) is 7.57. The molecule has 0 aromatic carbocycles. The summed E-state index contributed by atoms with van der Waals surface area (Å²) in [5, 5.41) is 3.50. The third-order valence-electron chi connectivity index (χ3n) is 4.39. The number of allylic oxidation sites excluding steroid dienone is 1. The molecule has 2 nitrogen and oxygen atoms in total. The van der Waals surface area contributed by atoms with Crippen molar-refractivity contribution in [3.05, 3.63) is 34.3 Å². The number of rotatable bonds is 3. The third-order valence-corrected chi connectivity index (χ3v) is 4.39. The molecule has 1 heterocycles. The van der Waals surface area contributed by atoms with Crippen molar-refractivity contribution in [3.8, 4) is 0 Å². The van der Waals surface area contributed by atoms with Crippen LogP contribution in [0.25, 0.3) is 0 Å². The van der Waals surface area contributed by atoms with Crippen molar-refractivity contribution in [2.45, 2.75) is 65.3 Å². The SMILES string of the molecule is CNC(C1=CCCCCCC1)c1c(C)oc(C)c1C. The van der Waals surface area contributed by atoms with E-state index in [0.717, 1.165) is 11.5 Å². The van der Waals surface area contributed by atoms with Crippen LogP contribution in [-0.2, 0) is 0 Å². The summed E-state index contributed by atoms with van der Waals surface area (Å²) in [7, 11) is 2.06. The summed E-state index contributed by atoms with van der Waals surface area (Å²) in [5.74, 6) is 2.12. The van der Waals surface area contributed by atoms with E-state index in [1.807, 2.05) is 0 Å². The zero-order valence-electron chi connectivity index (χ0n) is 12.8. The maximum Gasteiger partial charge on any atom is 0.106 e. The van der Waals surface area contributed by atoms with Gasteiger partial charge < -0.3 is 9.73 Å². The Labute approximate surface area is 117 Å².